The van der Waals surface area contributed by atoms with E-state index in [2.05, 4.69) is 26.0 Å². The molecule has 0 bridgehead atoms. The Morgan fingerprint density at radius 3 is 1.20 bits per heavy atom. The average Bonchev–Trinajstić information content (AvgIpc) is 3.41. The van der Waals surface area contributed by atoms with Crippen molar-refractivity contribution in [2.24, 2.45) is 0 Å². The molecule has 448 valence electrons. The van der Waals surface area contributed by atoms with Crippen LogP contribution in [0.4, 0.5) is 0 Å². The Labute approximate surface area is 460 Å². The summed E-state index contributed by atoms with van der Waals surface area (Å²) in [7, 11) is 0. The average molecular weight is 1090 g/mol. The van der Waals surface area contributed by atoms with Gasteiger partial charge in [0.05, 0.1) is 19.8 Å². The van der Waals surface area contributed by atoms with E-state index in [9.17, 15) is 45.3 Å². The topological polar surface area (TPSA) is 231 Å². The van der Waals surface area contributed by atoms with Crippen LogP contribution in [0.5, 0.6) is 0 Å². The molecule has 15 nitrogen and oxygen atoms in total. The first-order chi connectivity index (χ1) is 37.0. The van der Waals surface area contributed by atoms with Crippen LogP contribution >= 0.6 is 0 Å². The highest BCUT2D eigenvalue weighted by Crippen LogP contribution is 2.27. The standard InChI is InChI=1S/C61H114O15/c1-3-5-7-9-11-13-15-17-19-21-22-23-24-25-26-28-30-32-34-36-38-40-42-44-53(64)74-49(46-71-52(63)43-41-39-37-35-33-31-29-27-20-18-16-14-12-10-8-6-4-2)47-72-60-59(70)57(68)55(66)51(76-60)48-73-61-58(69)56(67)54(65)50(45-62)75-61/h36,38,49-51,54-62,65-70H,3-35,37,39-48H2,1-2H3/b38-36+/t49-,50+,51+,54-,55-,56?,57?,58?,59?,60+,61+/m1/s1. The summed E-state index contributed by atoms with van der Waals surface area (Å²) in [6, 6.07) is 0. The molecule has 2 fully saturated rings. The Bertz CT molecular complexity index is 1370. The van der Waals surface area contributed by atoms with Gasteiger partial charge in [0.2, 0.25) is 0 Å². The first kappa shape index (κ1) is 70.3. The van der Waals surface area contributed by atoms with Crippen molar-refractivity contribution in [3.8, 4) is 0 Å². The van der Waals surface area contributed by atoms with Crippen LogP contribution in [-0.2, 0) is 38.0 Å². The molecule has 15 heteroatoms. The fourth-order valence-corrected chi connectivity index (χ4v) is 10.2. The monoisotopic (exact) mass is 1090 g/mol. The van der Waals surface area contributed by atoms with E-state index in [-0.39, 0.29) is 26.1 Å². The van der Waals surface area contributed by atoms with Gasteiger partial charge in [0, 0.05) is 12.8 Å². The number of carbonyl (C=O) groups is 2. The van der Waals surface area contributed by atoms with Gasteiger partial charge in [-0.05, 0) is 32.1 Å². The smallest absolute Gasteiger partial charge is 0.306 e. The predicted octanol–water partition coefficient (Wildman–Crippen LogP) is 11.3. The molecule has 2 heterocycles. The largest absolute Gasteiger partial charge is 0.462 e. The lowest BCUT2D eigenvalue weighted by atomic mass is 9.98. The van der Waals surface area contributed by atoms with Crippen molar-refractivity contribution in [3.05, 3.63) is 12.2 Å². The molecular weight excluding hydrogens is 973 g/mol. The molecule has 2 aliphatic heterocycles. The highest BCUT2D eigenvalue weighted by atomic mass is 16.7. The van der Waals surface area contributed by atoms with Crippen molar-refractivity contribution in [1.82, 2.24) is 0 Å². The van der Waals surface area contributed by atoms with Gasteiger partial charge in [-0.2, -0.15) is 0 Å². The quantitative estimate of drug-likeness (QED) is 0.0171. The Hall–Kier alpha value is -1.76. The first-order valence-corrected chi connectivity index (χ1v) is 31.3. The minimum Gasteiger partial charge on any atom is -0.462 e. The Kier molecular flexibility index (Phi) is 44.4. The minimum absolute atomic E-state index is 0.123. The number of aliphatic hydroxyl groups excluding tert-OH is 7. The number of ether oxygens (including phenoxy) is 6. The molecule has 11 atom stereocenters. The van der Waals surface area contributed by atoms with E-state index in [1.807, 2.05) is 0 Å². The van der Waals surface area contributed by atoms with E-state index in [1.54, 1.807) is 0 Å². The molecule has 0 aromatic carbocycles. The molecule has 4 unspecified atom stereocenters. The molecule has 0 spiro atoms. The van der Waals surface area contributed by atoms with Crippen molar-refractivity contribution < 1.29 is 73.8 Å². The fourth-order valence-electron chi connectivity index (χ4n) is 10.2. The van der Waals surface area contributed by atoms with Crippen LogP contribution in [0.15, 0.2) is 12.2 Å². The third kappa shape index (κ3) is 34.4. The summed E-state index contributed by atoms with van der Waals surface area (Å²) in [5.74, 6) is -0.944. The van der Waals surface area contributed by atoms with E-state index in [0.29, 0.717) is 19.3 Å². The molecule has 76 heavy (non-hydrogen) atoms. The molecule has 0 amide bonds. The maximum Gasteiger partial charge on any atom is 0.306 e. The van der Waals surface area contributed by atoms with Crippen LogP contribution in [0, 0.1) is 0 Å². The number of esters is 2. The lowest BCUT2D eigenvalue weighted by molar-refractivity contribution is -0.332. The highest BCUT2D eigenvalue weighted by Gasteiger charge is 2.47. The lowest BCUT2D eigenvalue weighted by Gasteiger charge is -2.42. The molecule has 0 aliphatic carbocycles. The second kappa shape index (κ2) is 48.0. The molecule has 2 saturated heterocycles. The molecule has 0 radical (unpaired) electrons. The maximum atomic E-state index is 13.1. The SMILES string of the molecule is CCCCCCCCCCCCCCCCCCCC/C=C/CCCC(=O)O[C@H](COC(=O)CCCCCCCCCCCCCCCCCCC)CO[C@H]1O[C@@H](CO[C@H]2O[C@@H](CO)[C@@H](O)C(O)C2O)[C@@H](O)C(O)C1O. The van der Waals surface area contributed by atoms with Gasteiger partial charge in [0.15, 0.2) is 18.7 Å². The van der Waals surface area contributed by atoms with E-state index < -0.39 is 92.7 Å². The summed E-state index contributed by atoms with van der Waals surface area (Å²) < 4.78 is 33.7. The summed E-state index contributed by atoms with van der Waals surface area (Å²) in [6.07, 6.45) is 35.3. The Morgan fingerprint density at radius 2 is 0.763 bits per heavy atom. The first-order valence-electron chi connectivity index (χ1n) is 31.3. The normalized spacial score (nSPS) is 24.3. The summed E-state index contributed by atoms with van der Waals surface area (Å²) in [5.41, 5.74) is 0. The summed E-state index contributed by atoms with van der Waals surface area (Å²) >= 11 is 0. The summed E-state index contributed by atoms with van der Waals surface area (Å²) in [6.45, 7) is 2.63. The van der Waals surface area contributed by atoms with Crippen molar-refractivity contribution in [3.63, 3.8) is 0 Å². The van der Waals surface area contributed by atoms with Crippen molar-refractivity contribution in [2.45, 2.75) is 338 Å². The zero-order valence-electron chi connectivity index (χ0n) is 48.0. The number of carbonyl (C=O) groups excluding carboxylic acids is 2. The maximum absolute atomic E-state index is 13.1. The Morgan fingerprint density at radius 1 is 0.408 bits per heavy atom. The third-order valence-electron chi connectivity index (χ3n) is 15.2. The van der Waals surface area contributed by atoms with Crippen LogP contribution in [0.2, 0.25) is 0 Å². The zero-order chi connectivity index (χ0) is 55.3. The second-order valence-corrected chi connectivity index (χ2v) is 22.2. The van der Waals surface area contributed by atoms with Gasteiger partial charge in [-0.3, -0.25) is 9.59 Å². The third-order valence-corrected chi connectivity index (χ3v) is 15.2. The number of unbranched alkanes of at least 4 members (excludes halogenated alkanes) is 35. The minimum atomic E-state index is -1.77. The van der Waals surface area contributed by atoms with E-state index in [1.165, 1.54) is 193 Å². The number of rotatable bonds is 51. The summed E-state index contributed by atoms with van der Waals surface area (Å²) in [4.78, 5) is 25.9. The summed E-state index contributed by atoms with van der Waals surface area (Å²) in [5, 5.41) is 72.4. The second-order valence-electron chi connectivity index (χ2n) is 22.2. The molecule has 0 aromatic rings. The van der Waals surface area contributed by atoms with Crippen LogP contribution in [0.25, 0.3) is 0 Å². The van der Waals surface area contributed by atoms with Crippen LogP contribution < -0.4 is 0 Å². The molecule has 0 aromatic heterocycles. The van der Waals surface area contributed by atoms with Crippen LogP contribution in [-0.4, -0.2) is 142 Å². The predicted molar refractivity (Wildman–Crippen MR) is 298 cm³/mol. The number of hydrogen-bond acceptors (Lipinski definition) is 15. The van der Waals surface area contributed by atoms with Gasteiger partial charge in [-0.25, -0.2) is 0 Å². The van der Waals surface area contributed by atoms with Gasteiger partial charge < -0.3 is 64.2 Å². The molecule has 0 saturated carbocycles. The van der Waals surface area contributed by atoms with E-state index in [0.717, 1.165) is 32.1 Å². The number of aliphatic hydroxyl groups is 7. The molecule has 7 N–H and O–H groups in total. The van der Waals surface area contributed by atoms with Crippen LogP contribution in [0.1, 0.15) is 271 Å². The molecular formula is C61H114O15. The zero-order valence-corrected chi connectivity index (χ0v) is 48.0. The van der Waals surface area contributed by atoms with Crippen molar-refractivity contribution in [2.75, 3.05) is 26.4 Å². The molecule has 2 aliphatic rings. The molecule has 2 rings (SSSR count). The van der Waals surface area contributed by atoms with Gasteiger partial charge in [-0.1, -0.05) is 238 Å². The Balaban J connectivity index is 1.72. The highest BCUT2D eigenvalue weighted by molar-refractivity contribution is 5.70. The number of hydrogen-bond donors (Lipinski definition) is 7. The van der Waals surface area contributed by atoms with Crippen molar-refractivity contribution in [1.29, 1.82) is 0 Å². The van der Waals surface area contributed by atoms with Crippen LogP contribution in [0.3, 0.4) is 0 Å². The number of allylic oxidation sites excluding steroid dienone is 2. The van der Waals surface area contributed by atoms with Gasteiger partial charge in [-0.15, -0.1) is 0 Å². The van der Waals surface area contributed by atoms with Gasteiger partial charge in [0.1, 0.15) is 55.4 Å². The van der Waals surface area contributed by atoms with Gasteiger partial charge >= 0.3 is 11.9 Å². The van der Waals surface area contributed by atoms with Crippen molar-refractivity contribution >= 4 is 11.9 Å². The van der Waals surface area contributed by atoms with E-state index in [4.69, 9.17) is 28.4 Å². The lowest BCUT2D eigenvalue weighted by Crippen LogP contribution is -2.61. The van der Waals surface area contributed by atoms with Gasteiger partial charge in [0.25, 0.3) is 0 Å². The van der Waals surface area contributed by atoms with E-state index >= 15 is 0 Å². The fraction of sp³-hybridized carbons (Fsp3) is 0.934.